The predicted molar refractivity (Wildman–Crippen MR) is 74.3 cm³/mol. The molecule has 0 aliphatic heterocycles. The fourth-order valence-electron chi connectivity index (χ4n) is 1.53. The SMILES string of the molecule is CNC(=O)CC(NC(=O)OCc1ccccc1)C(=O)OC. The average Bonchev–Trinajstić information content (AvgIpc) is 2.52. The molecule has 0 heterocycles. The van der Waals surface area contributed by atoms with E-state index in [1.807, 2.05) is 18.2 Å². The first-order chi connectivity index (χ1) is 10.1. The van der Waals surface area contributed by atoms with Crippen LogP contribution in [0.2, 0.25) is 0 Å². The fourth-order valence-corrected chi connectivity index (χ4v) is 1.53. The van der Waals surface area contributed by atoms with Crippen LogP contribution in [0.15, 0.2) is 30.3 Å². The lowest BCUT2D eigenvalue weighted by atomic mass is 10.2. The molecule has 0 saturated heterocycles. The molecule has 0 spiro atoms. The van der Waals surface area contributed by atoms with Crippen molar-refractivity contribution in [2.75, 3.05) is 14.2 Å². The molecular weight excluding hydrogens is 276 g/mol. The summed E-state index contributed by atoms with van der Waals surface area (Å²) in [6, 6.07) is 8.00. The third-order valence-corrected chi connectivity index (χ3v) is 2.66. The Balaban J connectivity index is 2.51. The van der Waals surface area contributed by atoms with E-state index >= 15 is 0 Å². The lowest BCUT2D eigenvalue weighted by Crippen LogP contribution is -2.44. The van der Waals surface area contributed by atoms with E-state index in [9.17, 15) is 14.4 Å². The maximum absolute atomic E-state index is 11.6. The Morgan fingerprint density at radius 1 is 1.19 bits per heavy atom. The van der Waals surface area contributed by atoms with Crippen molar-refractivity contribution in [1.82, 2.24) is 10.6 Å². The number of ether oxygens (including phenoxy) is 2. The number of benzene rings is 1. The van der Waals surface area contributed by atoms with Crippen molar-refractivity contribution in [3.8, 4) is 0 Å². The molecule has 1 rings (SSSR count). The molecule has 0 bridgehead atoms. The van der Waals surface area contributed by atoms with E-state index in [-0.39, 0.29) is 13.0 Å². The van der Waals surface area contributed by atoms with Gasteiger partial charge in [0, 0.05) is 7.05 Å². The summed E-state index contributed by atoms with van der Waals surface area (Å²) in [6.45, 7) is 0.0700. The molecule has 1 aromatic rings. The zero-order valence-corrected chi connectivity index (χ0v) is 11.9. The lowest BCUT2D eigenvalue weighted by Gasteiger charge is -2.15. The zero-order chi connectivity index (χ0) is 15.7. The van der Waals surface area contributed by atoms with Gasteiger partial charge >= 0.3 is 12.1 Å². The van der Waals surface area contributed by atoms with Crippen LogP contribution in [0.3, 0.4) is 0 Å². The number of amides is 2. The number of methoxy groups -OCH3 is 1. The van der Waals surface area contributed by atoms with Crippen molar-refractivity contribution < 1.29 is 23.9 Å². The fraction of sp³-hybridized carbons (Fsp3) is 0.357. The zero-order valence-electron chi connectivity index (χ0n) is 11.9. The van der Waals surface area contributed by atoms with Crippen LogP contribution >= 0.6 is 0 Å². The molecule has 21 heavy (non-hydrogen) atoms. The van der Waals surface area contributed by atoms with Crippen LogP contribution < -0.4 is 10.6 Å². The van der Waals surface area contributed by atoms with Gasteiger partial charge in [0.2, 0.25) is 5.91 Å². The molecule has 0 fully saturated rings. The maximum Gasteiger partial charge on any atom is 0.408 e. The highest BCUT2D eigenvalue weighted by molar-refractivity contribution is 5.87. The molecule has 1 aromatic carbocycles. The van der Waals surface area contributed by atoms with E-state index in [1.54, 1.807) is 12.1 Å². The number of carbonyl (C=O) groups is 3. The van der Waals surface area contributed by atoms with Crippen LogP contribution in [0.5, 0.6) is 0 Å². The van der Waals surface area contributed by atoms with Crippen molar-refractivity contribution >= 4 is 18.0 Å². The second-order valence-corrected chi connectivity index (χ2v) is 4.16. The number of nitrogens with one attached hydrogen (secondary N) is 2. The van der Waals surface area contributed by atoms with Crippen LogP contribution in [0.1, 0.15) is 12.0 Å². The van der Waals surface area contributed by atoms with Crippen LogP contribution in [0.25, 0.3) is 0 Å². The first-order valence-electron chi connectivity index (χ1n) is 6.32. The van der Waals surface area contributed by atoms with Gasteiger partial charge in [0.15, 0.2) is 0 Å². The third-order valence-electron chi connectivity index (χ3n) is 2.66. The number of hydrogen-bond donors (Lipinski definition) is 2. The van der Waals surface area contributed by atoms with E-state index in [2.05, 4.69) is 15.4 Å². The molecule has 2 amide bonds. The van der Waals surface area contributed by atoms with Gasteiger partial charge in [-0.1, -0.05) is 30.3 Å². The van der Waals surface area contributed by atoms with Gasteiger partial charge < -0.3 is 20.1 Å². The van der Waals surface area contributed by atoms with Gasteiger partial charge in [-0.05, 0) is 5.56 Å². The summed E-state index contributed by atoms with van der Waals surface area (Å²) >= 11 is 0. The molecular formula is C14H18N2O5. The van der Waals surface area contributed by atoms with E-state index in [0.717, 1.165) is 5.56 Å². The molecule has 7 nitrogen and oxygen atoms in total. The molecule has 2 N–H and O–H groups in total. The average molecular weight is 294 g/mol. The molecule has 1 atom stereocenters. The van der Waals surface area contributed by atoms with Gasteiger partial charge in [-0.3, -0.25) is 4.79 Å². The quantitative estimate of drug-likeness (QED) is 0.749. The molecule has 7 heteroatoms. The number of esters is 1. The third kappa shape index (κ3) is 5.94. The van der Waals surface area contributed by atoms with Gasteiger partial charge in [0.25, 0.3) is 0 Å². The van der Waals surface area contributed by atoms with Gasteiger partial charge in [-0.15, -0.1) is 0 Å². The predicted octanol–water partition coefficient (Wildman–Crippen LogP) is 0.590. The summed E-state index contributed by atoms with van der Waals surface area (Å²) in [4.78, 5) is 34.4. The van der Waals surface area contributed by atoms with Gasteiger partial charge in [0.05, 0.1) is 13.5 Å². The molecule has 0 aliphatic carbocycles. The lowest BCUT2D eigenvalue weighted by molar-refractivity contribution is -0.144. The van der Waals surface area contributed by atoms with Gasteiger partial charge in [-0.2, -0.15) is 0 Å². The summed E-state index contributed by atoms with van der Waals surface area (Å²) in [6.07, 6.45) is -1.01. The molecule has 0 aliphatic rings. The molecule has 114 valence electrons. The highest BCUT2D eigenvalue weighted by Gasteiger charge is 2.24. The molecule has 0 saturated carbocycles. The highest BCUT2D eigenvalue weighted by atomic mass is 16.6. The highest BCUT2D eigenvalue weighted by Crippen LogP contribution is 2.02. The maximum atomic E-state index is 11.6. The number of alkyl carbamates (subject to hydrolysis) is 1. The van der Waals surface area contributed by atoms with Crippen LogP contribution in [-0.2, 0) is 25.7 Å². The second kappa shape index (κ2) is 8.57. The van der Waals surface area contributed by atoms with E-state index in [1.165, 1.54) is 14.2 Å². The largest absolute Gasteiger partial charge is 0.467 e. The van der Waals surface area contributed by atoms with Gasteiger partial charge in [0.1, 0.15) is 12.6 Å². The Morgan fingerprint density at radius 2 is 1.86 bits per heavy atom. The molecule has 0 aromatic heterocycles. The number of rotatable bonds is 6. The summed E-state index contributed by atoms with van der Waals surface area (Å²) < 4.78 is 9.51. The van der Waals surface area contributed by atoms with Crippen molar-refractivity contribution in [1.29, 1.82) is 0 Å². The van der Waals surface area contributed by atoms with Crippen LogP contribution in [0.4, 0.5) is 4.79 Å². The molecule has 0 radical (unpaired) electrons. The Morgan fingerprint density at radius 3 is 2.43 bits per heavy atom. The first-order valence-corrected chi connectivity index (χ1v) is 6.32. The Bertz CT molecular complexity index is 489. The van der Waals surface area contributed by atoms with Crippen LogP contribution in [0, 0.1) is 0 Å². The number of carbonyl (C=O) groups excluding carboxylic acids is 3. The van der Waals surface area contributed by atoms with Crippen LogP contribution in [-0.4, -0.2) is 38.2 Å². The first kappa shape index (κ1) is 16.5. The van der Waals surface area contributed by atoms with Crippen molar-refractivity contribution in [2.24, 2.45) is 0 Å². The Labute approximate surface area is 122 Å². The summed E-state index contributed by atoms with van der Waals surface area (Å²) in [5.74, 6) is -1.11. The topological polar surface area (TPSA) is 93.7 Å². The van der Waals surface area contributed by atoms with Crippen molar-refractivity contribution in [3.63, 3.8) is 0 Å². The standard InChI is InChI=1S/C14H18N2O5/c1-15-12(17)8-11(13(18)20-2)16-14(19)21-9-10-6-4-3-5-7-10/h3-7,11H,8-9H2,1-2H3,(H,15,17)(H,16,19). The van der Waals surface area contributed by atoms with E-state index in [4.69, 9.17) is 4.74 Å². The minimum Gasteiger partial charge on any atom is -0.467 e. The van der Waals surface area contributed by atoms with E-state index < -0.39 is 24.0 Å². The molecule has 1 unspecified atom stereocenters. The Hall–Kier alpha value is -2.57. The second-order valence-electron chi connectivity index (χ2n) is 4.16. The summed E-state index contributed by atoms with van der Waals surface area (Å²) in [7, 11) is 2.61. The minimum absolute atomic E-state index is 0.0700. The van der Waals surface area contributed by atoms with Crippen molar-refractivity contribution in [3.05, 3.63) is 35.9 Å². The summed E-state index contributed by atoms with van der Waals surface area (Å²) in [5.41, 5.74) is 0.813. The normalized spacial score (nSPS) is 11.1. The minimum atomic E-state index is -1.08. The van der Waals surface area contributed by atoms with Gasteiger partial charge in [-0.25, -0.2) is 9.59 Å². The van der Waals surface area contributed by atoms with E-state index in [0.29, 0.717) is 0 Å². The van der Waals surface area contributed by atoms with Crippen molar-refractivity contribution in [2.45, 2.75) is 19.1 Å². The number of hydrogen-bond acceptors (Lipinski definition) is 5. The smallest absolute Gasteiger partial charge is 0.408 e. The Kier molecular flexibility index (Phi) is 6.73. The summed E-state index contributed by atoms with van der Waals surface area (Å²) in [5, 5.41) is 4.67. The monoisotopic (exact) mass is 294 g/mol.